The molecule has 3 aliphatic rings. The molecule has 39 heavy (non-hydrogen) atoms. The average Bonchev–Trinajstić information content (AvgIpc) is 3.58. The molecule has 2 atom stereocenters. The number of halogens is 4. The summed E-state index contributed by atoms with van der Waals surface area (Å²) in [6, 6.07) is 5.23. The van der Waals surface area contributed by atoms with E-state index in [1.165, 1.54) is 15.5 Å². The van der Waals surface area contributed by atoms with Crippen molar-refractivity contribution >= 4 is 34.2 Å². The summed E-state index contributed by atoms with van der Waals surface area (Å²) in [6.45, 7) is 1.19. The van der Waals surface area contributed by atoms with E-state index >= 15 is 0 Å². The molecule has 1 saturated heterocycles. The van der Waals surface area contributed by atoms with Gasteiger partial charge in [0, 0.05) is 56.0 Å². The number of benzene rings is 1. The van der Waals surface area contributed by atoms with Crippen molar-refractivity contribution in [2.24, 2.45) is 9.98 Å². The van der Waals surface area contributed by atoms with Crippen LogP contribution in [-0.4, -0.2) is 84.1 Å². The van der Waals surface area contributed by atoms with E-state index < -0.39 is 33.7 Å². The lowest BCUT2D eigenvalue weighted by atomic mass is 9.95. The Bertz CT molecular complexity index is 1390. The predicted molar refractivity (Wildman–Crippen MR) is 142 cm³/mol. The van der Waals surface area contributed by atoms with Gasteiger partial charge in [0.05, 0.1) is 36.1 Å². The smallest absolute Gasteiger partial charge is 0.372 e. The highest BCUT2D eigenvalue weighted by Gasteiger charge is 2.47. The van der Waals surface area contributed by atoms with Crippen molar-refractivity contribution in [2.75, 3.05) is 25.9 Å². The molecule has 15 heteroatoms. The Labute approximate surface area is 229 Å². The molecule has 0 amide bonds. The number of allylic oxidation sites excluding steroid dienone is 1. The highest BCUT2D eigenvalue weighted by molar-refractivity contribution is 7.88. The number of sulfonamides is 1. The third-order valence-electron chi connectivity index (χ3n) is 7.10. The molecule has 210 valence electrons. The fourth-order valence-corrected chi connectivity index (χ4v) is 6.27. The van der Waals surface area contributed by atoms with Crippen LogP contribution in [0.1, 0.15) is 24.0 Å². The standard InChI is InChI=1S/C24H28ClF3N8O2S/c1-39(37,38)35-8-5-19(6-9-35)33-22-31-11-18(24(26,27)28)13-36(22)23(14-30-15-32-23)20-4-2-3-17(21(20)25)12-34-10-7-29-16-34/h2-4,7,10-11,13,15-16,19,22,33H,5-6,8-9,12,14H2,1H3,(H,30,32). The summed E-state index contributed by atoms with van der Waals surface area (Å²) in [5.74, 6) is 0. The molecule has 1 fully saturated rings. The summed E-state index contributed by atoms with van der Waals surface area (Å²) in [4.78, 5) is 14.4. The fourth-order valence-electron chi connectivity index (χ4n) is 5.06. The molecule has 10 nitrogen and oxygen atoms in total. The van der Waals surface area contributed by atoms with Gasteiger partial charge in [0.2, 0.25) is 10.0 Å². The number of hydrogen-bond acceptors (Lipinski definition) is 8. The molecule has 0 bridgehead atoms. The number of nitrogens with one attached hydrogen (secondary N) is 2. The summed E-state index contributed by atoms with van der Waals surface area (Å²) >= 11 is 6.91. The molecule has 1 aromatic heterocycles. The van der Waals surface area contributed by atoms with Crippen molar-refractivity contribution in [3.05, 3.63) is 64.8 Å². The Morgan fingerprint density at radius 3 is 2.64 bits per heavy atom. The van der Waals surface area contributed by atoms with Crippen LogP contribution in [0.2, 0.25) is 5.02 Å². The molecule has 4 heterocycles. The monoisotopic (exact) mass is 584 g/mol. The second-order valence-electron chi connectivity index (χ2n) is 9.71. The van der Waals surface area contributed by atoms with Crippen LogP contribution in [0.4, 0.5) is 13.2 Å². The molecule has 1 aromatic carbocycles. The van der Waals surface area contributed by atoms with Crippen LogP contribution in [0.5, 0.6) is 0 Å². The first-order valence-electron chi connectivity index (χ1n) is 12.3. The maximum Gasteiger partial charge on any atom is 0.419 e. The van der Waals surface area contributed by atoms with Gasteiger partial charge in [0.1, 0.15) is 0 Å². The van der Waals surface area contributed by atoms with E-state index in [0.29, 0.717) is 43.1 Å². The van der Waals surface area contributed by atoms with Crippen LogP contribution >= 0.6 is 11.6 Å². The van der Waals surface area contributed by atoms with E-state index in [4.69, 9.17) is 11.6 Å². The minimum atomic E-state index is -4.63. The lowest BCUT2D eigenvalue weighted by molar-refractivity contribution is -0.0886. The van der Waals surface area contributed by atoms with Crippen molar-refractivity contribution in [3.8, 4) is 0 Å². The van der Waals surface area contributed by atoms with Gasteiger partial charge in [-0.05, 0) is 18.4 Å². The number of nitrogens with zero attached hydrogens (tertiary/aromatic N) is 6. The van der Waals surface area contributed by atoms with Crippen LogP contribution in [0.3, 0.4) is 0 Å². The Hall–Kier alpha value is -2.94. The summed E-state index contributed by atoms with van der Waals surface area (Å²) in [5.41, 5.74) is -0.968. The quantitative estimate of drug-likeness (QED) is 0.518. The van der Waals surface area contributed by atoms with Crippen LogP contribution < -0.4 is 10.6 Å². The van der Waals surface area contributed by atoms with Gasteiger partial charge in [-0.15, -0.1) is 0 Å². The van der Waals surface area contributed by atoms with E-state index in [0.717, 1.165) is 24.2 Å². The zero-order chi connectivity index (χ0) is 27.8. The Kier molecular flexibility index (Phi) is 7.48. The molecule has 0 spiro atoms. The number of imidazole rings is 1. The molecule has 2 aromatic rings. The molecule has 0 saturated carbocycles. The van der Waals surface area contributed by atoms with E-state index in [2.05, 4.69) is 25.6 Å². The molecule has 5 rings (SSSR count). The Morgan fingerprint density at radius 1 is 1.26 bits per heavy atom. The fraction of sp³-hybridized carbons (Fsp3) is 0.458. The van der Waals surface area contributed by atoms with Gasteiger partial charge in [-0.25, -0.2) is 22.7 Å². The first-order valence-corrected chi connectivity index (χ1v) is 14.5. The van der Waals surface area contributed by atoms with Crippen molar-refractivity contribution in [3.63, 3.8) is 0 Å². The maximum absolute atomic E-state index is 13.9. The SMILES string of the molecule is CS(=O)(=O)N1CCC(NC2N=CC(C(F)(F)F)=CN2C2(c3cccc(Cn4ccnc4)c3Cl)CNC=N2)CC1. The van der Waals surface area contributed by atoms with E-state index in [1.807, 2.05) is 10.6 Å². The summed E-state index contributed by atoms with van der Waals surface area (Å²) in [6.07, 6.45) is 5.00. The largest absolute Gasteiger partial charge is 0.419 e. The number of hydrogen-bond donors (Lipinski definition) is 2. The lowest BCUT2D eigenvalue weighted by Crippen LogP contribution is -2.58. The van der Waals surface area contributed by atoms with Crippen molar-refractivity contribution in [2.45, 2.75) is 43.6 Å². The van der Waals surface area contributed by atoms with Crippen LogP contribution in [-0.2, 0) is 22.2 Å². The molecule has 2 unspecified atom stereocenters. The number of aliphatic imine (C=N–C) groups is 2. The topological polar surface area (TPSA) is 107 Å². The van der Waals surface area contributed by atoms with Gasteiger partial charge in [0.15, 0.2) is 12.0 Å². The molecule has 0 aliphatic carbocycles. The van der Waals surface area contributed by atoms with Crippen molar-refractivity contribution in [1.29, 1.82) is 0 Å². The van der Waals surface area contributed by atoms with Gasteiger partial charge in [-0.1, -0.05) is 29.8 Å². The predicted octanol–water partition coefficient (Wildman–Crippen LogP) is 2.50. The maximum atomic E-state index is 13.9. The second kappa shape index (κ2) is 10.6. The Morgan fingerprint density at radius 2 is 2.03 bits per heavy atom. The van der Waals surface area contributed by atoms with Crippen LogP contribution in [0.15, 0.2) is 58.7 Å². The summed E-state index contributed by atoms with van der Waals surface area (Å²) < 4.78 is 68.7. The molecular formula is C24H28ClF3N8O2S. The molecule has 3 aliphatic heterocycles. The van der Waals surface area contributed by atoms with E-state index in [9.17, 15) is 21.6 Å². The summed E-state index contributed by atoms with van der Waals surface area (Å²) in [7, 11) is -3.32. The highest BCUT2D eigenvalue weighted by atomic mass is 35.5. The molecular weight excluding hydrogens is 557 g/mol. The number of aromatic nitrogens is 2. The van der Waals surface area contributed by atoms with Crippen LogP contribution in [0, 0.1) is 0 Å². The third kappa shape index (κ3) is 5.69. The normalized spacial score (nSPS) is 24.7. The molecule has 2 N–H and O–H groups in total. The van der Waals surface area contributed by atoms with Gasteiger partial charge in [-0.3, -0.25) is 10.3 Å². The van der Waals surface area contributed by atoms with Crippen molar-refractivity contribution in [1.82, 2.24) is 29.4 Å². The Balaban J connectivity index is 1.50. The highest BCUT2D eigenvalue weighted by Crippen LogP contribution is 2.41. The lowest BCUT2D eigenvalue weighted by Gasteiger charge is -2.45. The first kappa shape index (κ1) is 27.6. The second-order valence-corrected chi connectivity index (χ2v) is 12.1. The van der Waals surface area contributed by atoms with E-state index in [1.54, 1.807) is 30.9 Å². The number of piperidine rings is 1. The molecule has 0 radical (unpaired) electrons. The minimum absolute atomic E-state index is 0.156. The first-order chi connectivity index (χ1) is 18.5. The van der Waals surface area contributed by atoms with Gasteiger partial charge >= 0.3 is 6.18 Å². The number of alkyl halides is 3. The van der Waals surface area contributed by atoms with Gasteiger partial charge in [-0.2, -0.15) is 13.2 Å². The van der Waals surface area contributed by atoms with Gasteiger partial charge in [0.25, 0.3) is 0 Å². The minimum Gasteiger partial charge on any atom is -0.372 e. The zero-order valence-electron chi connectivity index (χ0n) is 21.0. The third-order valence-corrected chi connectivity index (χ3v) is 8.85. The van der Waals surface area contributed by atoms with E-state index in [-0.39, 0.29) is 12.6 Å². The average molecular weight is 585 g/mol. The van der Waals surface area contributed by atoms with Crippen LogP contribution in [0.25, 0.3) is 0 Å². The number of rotatable bonds is 7. The van der Waals surface area contributed by atoms with Crippen molar-refractivity contribution < 1.29 is 21.6 Å². The van der Waals surface area contributed by atoms with Gasteiger partial charge < -0.3 is 14.8 Å². The summed E-state index contributed by atoms with van der Waals surface area (Å²) in [5, 5.41) is 6.74. The zero-order valence-corrected chi connectivity index (χ0v) is 22.6.